The topological polar surface area (TPSA) is 170 Å². The number of nitrogens with zero attached hydrogens (tertiary/aromatic N) is 5. The predicted octanol–water partition coefficient (Wildman–Crippen LogP) is 4.99. The molecule has 2 amide bonds. The minimum absolute atomic E-state index is 0.0811. The van der Waals surface area contributed by atoms with Crippen LogP contribution in [0.2, 0.25) is 0 Å². The van der Waals surface area contributed by atoms with Crippen molar-refractivity contribution in [2.75, 3.05) is 16.8 Å². The monoisotopic (exact) mass is 600 g/mol. The maximum Gasteiger partial charge on any atom is 0.416 e. The number of carbonyl (C=O) groups excluding carboxylic acids is 3. The highest BCUT2D eigenvalue weighted by molar-refractivity contribution is 6.06. The van der Waals surface area contributed by atoms with E-state index in [2.05, 4.69) is 20.4 Å². The summed E-state index contributed by atoms with van der Waals surface area (Å²) < 4.78 is 51.5. The number of carboxylic acids is 1. The molecule has 13 nitrogen and oxygen atoms in total. The molecule has 0 atom stereocenters. The van der Waals surface area contributed by atoms with E-state index in [-0.39, 0.29) is 22.8 Å². The normalized spacial score (nSPS) is 11.6. The lowest BCUT2D eigenvalue weighted by molar-refractivity contribution is -0.119. The Morgan fingerprint density at radius 2 is 1.84 bits per heavy atom. The number of carboxylic acid groups (broad SMARTS) is 1. The van der Waals surface area contributed by atoms with Crippen molar-refractivity contribution in [2.24, 2.45) is 0 Å². The van der Waals surface area contributed by atoms with E-state index in [1.807, 2.05) is 0 Å². The van der Waals surface area contributed by atoms with Crippen LogP contribution < -0.4 is 10.2 Å². The van der Waals surface area contributed by atoms with Gasteiger partial charge in [0.2, 0.25) is 5.89 Å². The van der Waals surface area contributed by atoms with Crippen LogP contribution in [0.1, 0.15) is 52.1 Å². The number of aldehydes is 1. The summed E-state index contributed by atoms with van der Waals surface area (Å²) in [6.45, 7) is 2.81. The number of anilines is 2. The highest BCUT2D eigenvalue weighted by Crippen LogP contribution is 2.27. The second-order valence-electron chi connectivity index (χ2n) is 9.93. The number of ether oxygens (including phenoxy) is 1. The molecule has 16 heteroatoms. The molecule has 4 aromatic rings. The van der Waals surface area contributed by atoms with Crippen molar-refractivity contribution >= 4 is 35.8 Å². The number of pyridine rings is 1. The van der Waals surface area contributed by atoms with Gasteiger partial charge in [-0.3, -0.25) is 14.5 Å². The van der Waals surface area contributed by atoms with E-state index in [1.54, 1.807) is 0 Å². The highest BCUT2D eigenvalue weighted by atomic mass is 19.4. The van der Waals surface area contributed by atoms with E-state index < -0.39 is 47.8 Å². The number of hydrogen-bond donors (Lipinski definition) is 2. The Balaban J connectivity index is 1.58. The van der Waals surface area contributed by atoms with E-state index in [4.69, 9.17) is 9.15 Å². The van der Waals surface area contributed by atoms with Gasteiger partial charge in [-0.1, -0.05) is 0 Å². The molecular formula is C27H23F3N6O7. The van der Waals surface area contributed by atoms with Crippen molar-refractivity contribution in [3.8, 4) is 17.1 Å². The minimum atomic E-state index is -4.77. The Bertz CT molecular complexity index is 1670. The van der Waals surface area contributed by atoms with Gasteiger partial charge in [-0.25, -0.2) is 24.2 Å². The number of hydrogen-bond acceptors (Lipinski definition) is 9. The van der Waals surface area contributed by atoms with Crippen LogP contribution in [-0.4, -0.2) is 67.4 Å². The quantitative estimate of drug-likeness (QED) is 0.263. The Hall–Kier alpha value is -5.54. The number of halogens is 3. The Kier molecular flexibility index (Phi) is 8.31. The van der Waals surface area contributed by atoms with Gasteiger partial charge in [0.25, 0.3) is 5.91 Å². The first kappa shape index (κ1) is 30.4. The van der Waals surface area contributed by atoms with Crippen LogP contribution in [0.25, 0.3) is 17.1 Å². The number of oxazole rings is 1. The number of carbonyl (C=O) groups is 4. The summed E-state index contributed by atoms with van der Waals surface area (Å²) in [7, 11) is 0. The van der Waals surface area contributed by atoms with Gasteiger partial charge in [-0.15, -0.1) is 0 Å². The van der Waals surface area contributed by atoms with Crippen molar-refractivity contribution < 1.29 is 46.6 Å². The van der Waals surface area contributed by atoms with Crippen LogP contribution in [0.4, 0.5) is 29.5 Å². The van der Waals surface area contributed by atoms with Gasteiger partial charge in [0.1, 0.15) is 30.5 Å². The highest BCUT2D eigenvalue weighted by Gasteiger charge is 2.36. The van der Waals surface area contributed by atoms with E-state index in [9.17, 15) is 37.5 Å². The zero-order valence-corrected chi connectivity index (χ0v) is 22.7. The van der Waals surface area contributed by atoms with E-state index in [1.165, 1.54) is 62.0 Å². The number of nitrogens with one attached hydrogen (secondary N) is 1. The van der Waals surface area contributed by atoms with E-state index >= 15 is 0 Å². The van der Waals surface area contributed by atoms with Gasteiger partial charge in [0.05, 0.1) is 17.6 Å². The number of rotatable bonds is 8. The molecule has 0 fully saturated rings. The number of aromatic nitrogens is 4. The van der Waals surface area contributed by atoms with Crippen molar-refractivity contribution in [2.45, 2.75) is 32.5 Å². The molecular weight excluding hydrogens is 577 g/mol. The number of benzene rings is 1. The first-order valence-corrected chi connectivity index (χ1v) is 12.3. The number of amides is 2. The summed E-state index contributed by atoms with van der Waals surface area (Å²) >= 11 is 0. The van der Waals surface area contributed by atoms with Crippen LogP contribution in [0.3, 0.4) is 0 Å². The molecule has 0 aliphatic carbocycles. The third kappa shape index (κ3) is 7.60. The smallest absolute Gasteiger partial charge is 0.416 e. The molecule has 3 heterocycles. The van der Waals surface area contributed by atoms with Crippen LogP contribution in [-0.2, 0) is 4.74 Å². The molecule has 224 valence electrons. The fourth-order valence-electron chi connectivity index (χ4n) is 3.59. The molecule has 0 spiro atoms. The van der Waals surface area contributed by atoms with Crippen LogP contribution in [0.5, 0.6) is 0 Å². The lowest BCUT2D eigenvalue weighted by atomic mass is 10.2. The average molecular weight is 601 g/mol. The Labute approximate surface area is 240 Å². The van der Waals surface area contributed by atoms with Gasteiger partial charge in [-0.05, 0) is 57.2 Å². The molecule has 0 saturated heterocycles. The van der Waals surface area contributed by atoms with E-state index in [0.29, 0.717) is 22.4 Å². The average Bonchev–Trinajstić information content (AvgIpc) is 3.59. The van der Waals surface area contributed by atoms with Crippen molar-refractivity contribution in [1.29, 1.82) is 0 Å². The third-order valence-corrected chi connectivity index (χ3v) is 5.42. The van der Waals surface area contributed by atoms with Gasteiger partial charge in [-0.2, -0.15) is 18.3 Å². The van der Waals surface area contributed by atoms with Crippen molar-refractivity contribution in [3.05, 3.63) is 72.0 Å². The largest absolute Gasteiger partial charge is 0.476 e. The summed E-state index contributed by atoms with van der Waals surface area (Å²) in [5.74, 6) is -2.92. The second kappa shape index (κ2) is 11.8. The van der Waals surface area contributed by atoms with Gasteiger partial charge < -0.3 is 19.6 Å². The van der Waals surface area contributed by atoms with Crippen LogP contribution in [0.15, 0.2) is 59.5 Å². The van der Waals surface area contributed by atoms with Crippen LogP contribution >= 0.6 is 0 Å². The third-order valence-electron chi connectivity index (χ3n) is 5.42. The Morgan fingerprint density at radius 3 is 2.44 bits per heavy atom. The summed E-state index contributed by atoms with van der Waals surface area (Å²) in [6, 6.07) is 8.49. The molecule has 3 aromatic heterocycles. The summed E-state index contributed by atoms with van der Waals surface area (Å²) in [4.78, 5) is 56.3. The molecule has 0 aliphatic rings. The number of alkyl halides is 3. The SMILES string of the molecule is CC(C)(C)OC(=O)N(CC(F)(F)F)c1cc(-c2nc(C(=O)Nc3cn(-c4ccc(C=O)cc4)nc3C(=O)O)co2)ccn1. The second-order valence-corrected chi connectivity index (χ2v) is 9.93. The molecule has 0 unspecified atom stereocenters. The zero-order valence-electron chi connectivity index (χ0n) is 22.7. The maximum atomic E-state index is 13.3. The summed E-state index contributed by atoms with van der Waals surface area (Å²) in [5.41, 5.74) is -1.15. The minimum Gasteiger partial charge on any atom is -0.476 e. The van der Waals surface area contributed by atoms with Crippen molar-refractivity contribution in [3.63, 3.8) is 0 Å². The summed E-state index contributed by atoms with van der Waals surface area (Å²) in [5, 5.41) is 15.9. The fourth-order valence-corrected chi connectivity index (χ4v) is 3.59. The molecule has 0 saturated carbocycles. The van der Waals surface area contributed by atoms with E-state index in [0.717, 1.165) is 18.5 Å². The molecule has 0 aliphatic heterocycles. The molecule has 43 heavy (non-hydrogen) atoms. The molecule has 2 N–H and O–H groups in total. The molecule has 4 rings (SSSR count). The Morgan fingerprint density at radius 1 is 1.14 bits per heavy atom. The molecule has 1 aromatic carbocycles. The van der Waals surface area contributed by atoms with Crippen molar-refractivity contribution in [1.82, 2.24) is 19.7 Å². The predicted molar refractivity (Wildman–Crippen MR) is 143 cm³/mol. The standard InChI is InChI=1S/C27H23F3N6O7/c1-26(2,3)43-25(41)35(14-27(28,29)30)20-10-16(8-9-31-20)23-33-19(13-42-23)22(38)32-18-11-36(34-21(18)24(39)40)17-6-4-15(12-37)5-7-17/h4-13H,14H2,1-3H3,(H,32,38)(H,39,40). The maximum absolute atomic E-state index is 13.3. The van der Waals surface area contributed by atoms with Gasteiger partial charge in [0, 0.05) is 17.3 Å². The lowest BCUT2D eigenvalue weighted by Crippen LogP contribution is -2.42. The van der Waals surface area contributed by atoms with Gasteiger partial charge >= 0.3 is 18.2 Å². The first-order chi connectivity index (χ1) is 20.1. The first-order valence-electron chi connectivity index (χ1n) is 12.3. The molecule has 0 bridgehead atoms. The lowest BCUT2D eigenvalue weighted by Gasteiger charge is -2.27. The zero-order chi connectivity index (χ0) is 31.5. The summed E-state index contributed by atoms with van der Waals surface area (Å²) in [6.07, 6.45) is -2.09. The van der Waals surface area contributed by atoms with Gasteiger partial charge in [0.15, 0.2) is 11.4 Å². The van der Waals surface area contributed by atoms with Crippen LogP contribution in [0, 0.1) is 0 Å². The fraction of sp³-hybridized carbons (Fsp3) is 0.222. The molecule has 0 radical (unpaired) electrons. The number of aromatic carboxylic acids is 1.